The standard InChI is InChI=1S/C28H24N2O5S/c1-19-24-26(36-25(19)28(32)35-17-16-33-21-10-3-2-4-11-21)29-18-30(27(24)31)14-15-34-23-13-7-9-20-8-5-6-12-22(20)23/h2-13,18H,14-17H2,1H3. The number of ether oxygens (including phenoxy) is 3. The molecule has 0 amide bonds. The molecule has 7 nitrogen and oxygen atoms in total. The minimum Gasteiger partial charge on any atom is -0.491 e. The summed E-state index contributed by atoms with van der Waals surface area (Å²) >= 11 is 1.16. The third-order valence-corrected chi connectivity index (χ3v) is 6.95. The van der Waals surface area contributed by atoms with E-state index in [4.69, 9.17) is 14.2 Å². The molecule has 2 aromatic heterocycles. The van der Waals surface area contributed by atoms with E-state index in [1.165, 1.54) is 10.9 Å². The molecule has 0 spiro atoms. The third-order valence-electron chi connectivity index (χ3n) is 5.77. The molecule has 8 heteroatoms. The molecule has 0 N–H and O–H groups in total. The van der Waals surface area contributed by atoms with Crippen LogP contribution in [0.2, 0.25) is 0 Å². The summed E-state index contributed by atoms with van der Waals surface area (Å²) in [6, 6.07) is 23.2. The van der Waals surface area contributed by atoms with Gasteiger partial charge in [0.1, 0.15) is 41.0 Å². The Morgan fingerprint density at radius 3 is 2.56 bits per heavy atom. The van der Waals surface area contributed by atoms with Gasteiger partial charge >= 0.3 is 5.97 Å². The summed E-state index contributed by atoms with van der Waals surface area (Å²) < 4.78 is 18.4. The Kier molecular flexibility index (Phi) is 6.95. The Bertz CT molecular complexity index is 1570. The molecule has 0 radical (unpaired) electrons. The van der Waals surface area contributed by atoms with E-state index in [0.29, 0.717) is 39.6 Å². The predicted octanol–water partition coefficient (Wildman–Crippen LogP) is 5.23. The molecule has 182 valence electrons. The predicted molar refractivity (Wildman–Crippen MR) is 140 cm³/mol. The number of hydrogen-bond donors (Lipinski definition) is 0. The second kappa shape index (κ2) is 10.6. The summed E-state index contributed by atoms with van der Waals surface area (Å²) in [5.74, 6) is 0.987. The minimum absolute atomic E-state index is 0.102. The first kappa shape index (κ1) is 23.6. The zero-order chi connectivity index (χ0) is 24.9. The lowest BCUT2D eigenvalue weighted by Gasteiger charge is -2.10. The van der Waals surface area contributed by atoms with Gasteiger partial charge in [-0.15, -0.1) is 11.3 Å². The molecular weight excluding hydrogens is 476 g/mol. The van der Waals surface area contributed by atoms with Crippen molar-refractivity contribution in [2.24, 2.45) is 0 Å². The maximum Gasteiger partial charge on any atom is 0.348 e. The van der Waals surface area contributed by atoms with Gasteiger partial charge in [-0.1, -0.05) is 54.6 Å². The Balaban J connectivity index is 1.24. The molecule has 0 saturated carbocycles. The topological polar surface area (TPSA) is 79.7 Å². The van der Waals surface area contributed by atoms with Gasteiger partial charge in [-0.3, -0.25) is 9.36 Å². The van der Waals surface area contributed by atoms with Crippen LogP contribution in [0.15, 0.2) is 83.9 Å². The second-order valence-electron chi connectivity index (χ2n) is 8.10. The summed E-state index contributed by atoms with van der Waals surface area (Å²) in [7, 11) is 0. The van der Waals surface area contributed by atoms with Crippen LogP contribution in [0, 0.1) is 6.92 Å². The third kappa shape index (κ3) is 4.94. The fourth-order valence-corrected chi connectivity index (χ4v) is 5.00. The van der Waals surface area contributed by atoms with Crippen molar-refractivity contribution in [2.75, 3.05) is 19.8 Å². The fraction of sp³-hybridized carbons (Fsp3) is 0.179. The number of para-hydroxylation sites is 1. The van der Waals surface area contributed by atoms with E-state index >= 15 is 0 Å². The van der Waals surface area contributed by atoms with Gasteiger partial charge in [-0.2, -0.15) is 0 Å². The van der Waals surface area contributed by atoms with Crippen molar-refractivity contribution < 1.29 is 19.0 Å². The van der Waals surface area contributed by atoms with Gasteiger partial charge in [-0.05, 0) is 36.1 Å². The highest BCUT2D eigenvalue weighted by atomic mass is 32.1. The van der Waals surface area contributed by atoms with Crippen LogP contribution in [0.3, 0.4) is 0 Å². The molecule has 0 saturated heterocycles. The smallest absolute Gasteiger partial charge is 0.348 e. The largest absolute Gasteiger partial charge is 0.491 e. The Hall–Kier alpha value is -4.17. The number of esters is 1. The summed E-state index contributed by atoms with van der Waals surface area (Å²) in [6.07, 6.45) is 1.50. The maximum atomic E-state index is 13.2. The highest BCUT2D eigenvalue weighted by Crippen LogP contribution is 2.28. The fourth-order valence-electron chi connectivity index (χ4n) is 3.96. The van der Waals surface area contributed by atoms with Crippen LogP contribution in [0.4, 0.5) is 0 Å². The molecule has 36 heavy (non-hydrogen) atoms. The van der Waals surface area contributed by atoms with Crippen LogP contribution in [0.25, 0.3) is 21.0 Å². The molecule has 2 heterocycles. The van der Waals surface area contributed by atoms with Crippen molar-refractivity contribution in [1.29, 1.82) is 0 Å². The van der Waals surface area contributed by atoms with E-state index in [2.05, 4.69) is 4.98 Å². The lowest BCUT2D eigenvalue weighted by atomic mass is 10.1. The first-order valence-corrected chi connectivity index (χ1v) is 12.4. The molecule has 0 atom stereocenters. The Labute approximate surface area is 211 Å². The molecular formula is C28H24N2O5S. The Morgan fingerprint density at radius 2 is 1.69 bits per heavy atom. The normalized spacial score (nSPS) is 11.0. The first-order valence-electron chi connectivity index (χ1n) is 11.6. The number of aryl methyl sites for hydroxylation is 1. The van der Waals surface area contributed by atoms with Gasteiger partial charge in [-0.25, -0.2) is 9.78 Å². The lowest BCUT2D eigenvalue weighted by molar-refractivity contribution is 0.0455. The summed E-state index contributed by atoms with van der Waals surface area (Å²) in [6.45, 7) is 2.72. The Morgan fingerprint density at radius 1 is 0.917 bits per heavy atom. The molecule has 0 aliphatic rings. The SMILES string of the molecule is Cc1c(C(=O)OCCOc2ccccc2)sc2ncn(CCOc3cccc4ccccc34)c(=O)c12. The molecule has 0 aliphatic carbocycles. The van der Waals surface area contributed by atoms with Crippen molar-refractivity contribution in [1.82, 2.24) is 9.55 Å². The van der Waals surface area contributed by atoms with Gasteiger partial charge in [0.25, 0.3) is 5.56 Å². The van der Waals surface area contributed by atoms with Crippen molar-refractivity contribution in [3.63, 3.8) is 0 Å². The quantitative estimate of drug-likeness (QED) is 0.204. The number of rotatable bonds is 9. The van der Waals surface area contributed by atoms with E-state index in [1.54, 1.807) is 6.92 Å². The van der Waals surface area contributed by atoms with Crippen molar-refractivity contribution in [2.45, 2.75) is 13.5 Å². The van der Waals surface area contributed by atoms with Crippen LogP contribution in [0.5, 0.6) is 11.5 Å². The molecule has 0 unspecified atom stereocenters. The number of fused-ring (bicyclic) bond motifs is 2. The first-order chi connectivity index (χ1) is 17.6. The molecule has 3 aromatic carbocycles. The van der Waals surface area contributed by atoms with Gasteiger partial charge in [0.15, 0.2) is 0 Å². The summed E-state index contributed by atoms with van der Waals surface area (Å²) in [4.78, 5) is 31.1. The minimum atomic E-state index is -0.489. The molecule has 0 bridgehead atoms. The van der Waals surface area contributed by atoms with Crippen molar-refractivity contribution in [3.05, 3.63) is 99.9 Å². The lowest BCUT2D eigenvalue weighted by Crippen LogP contribution is -2.23. The van der Waals surface area contributed by atoms with Crippen LogP contribution < -0.4 is 15.0 Å². The maximum absolute atomic E-state index is 13.2. The number of benzene rings is 3. The van der Waals surface area contributed by atoms with Crippen molar-refractivity contribution >= 4 is 38.3 Å². The van der Waals surface area contributed by atoms with Gasteiger partial charge in [0.2, 0.25) is 0 Å². The number of thiophene rings is 1. The van der Waals surface area contributed by atoms with Crippen LogP contribution in [0.1, 0.15) is 15.2 Å². The zero-order valence-electron chi connectivity index (χ0n) is 19.7. The van der Waals surface area contributed by atoms with Gasteiger partial charge in [0.05, 0.1) is 18.3 Å². The van der Waals surface area contributed by atoms with E-state index in [-0.39, 0.29) is 18.8 Å². The van der Waals surface area contributed by atoms with Gasteiger partial charge in [0, 0.05) is 5.39 Å². The number of carbonyl (C=O) groups is 1. The van der Waals surface area contributed by atoms with Crippen molar-refractivity contribution in [3.8, 4) is 11.5 Å². The van der Waals surface area contributed by atoms with E-state index in [0.717, 1.165) is 27.9 Å². The van der Waals surface area contributed by atoms with Gasteiger partial charge < -0.3 is 14.2 Å². The van der Waals surface area contributed by atoms with E-state index in [1.807, 2.05) is 72.8 Å². The highest BCUT2D eigenvalue weighted by Gasteiger charge is 2.20. The van der Waals surface area contributed by atoms with Crippen LogP contribution in [-0.2, 0) is 11.3 Å². The molecule has 5 aromatic rings. The zero-order valence-corrected chi connectivity index (χ0v) is 20.5. The average Bonchev–Trinajstić information content (AvgIpc) is 3.25. The van der Waals surface area contributed by atoms with E-state index < -0.39 is 5.97 Å². The van der Waals surface area contributed by atoms with E-state index in [9.17, 15) is 9.59 Å². The number of carbonyl (C=O) groups excluding carboxylic acids is 1. The molecule has 0 aliphatic heterocycles. The van der Waals surface area contributed by atoms with Crippen LogP contribution in [-0.4, -0.2) is 35.3 Å². The summed E-state index contributed by atoms with van der Waals surface area (Å²) in [5.41, 5.74) is 0.368. The van der Waals surface area contributed by atoms with Crippen LogP contribution >= 0.6 is 11.3 Å². The highest BCUT2D eigenvalue weighted by molar-refractivity contribution is 7.20. The second-order valence-corrected chi connectivity index (χ2v) is 9.10. The molecule has 0 fully saturated rings. The number of hydrogen-bond acceptors (Lipinski definition) is 7. The summed E-state index contributed by atoms with van der Waals surface area (Å²) in [5, 5.41) is 2.54. The number of nitrogens with zero attached hydrogens (tertiary/aromatic N) is 2. The molecule has 5 rings (SSSR count). The monoisotopic (exact) mass is 500 g/mol. The number of aromatic nitrogens is 2. The average molecular weight is 501 g/mol.